The summed E-state index contributed by atoms with van der Waals surface area (Å²) in [4.78, 5) is 28.4. The van der Waals surface area contributed by atoms with Crippen molar-refractivity contribution in [1.29, 1.82) is 0 Å². The Morgan fingerprint density at radius 1 is 1.35 bits per heavy atom. The molecule has 3 heterocycles. The largest absolute Gasteiger partial charge is 0.337 e. The van der Waals surface area contributed by atoms with Crippen LogP contribution in [0.15, 0.2) is 5.38 Å². The molecule has 2 amide bonds. The van der Waals surface area contributed by atoms with E-state index in [0.29, 0.717) is 18.0 Å². The van der Waals surface area contributed by atoms with Gasteiger partial charge in [-0.2, -0.15) is 0 Å². The molecule has 3 aliphatic rings. The lowest BCUT2D eigenvalue weighted by molar-refractivity contribution is -0.129. The Bertz CT molecular complexity index is 543. The Kier molecular flexibility index (Phi) is 2.76. The van der Waals surface area contributed by atoms with E-state index in [0.717, 1.165) is 19.5 Å². The van der Waals surface area contributed by atoms with Gasteiger partial charge in [-0.05, 0) is 36.7 Å². The molecule has 3 fully saturated rings. The molecule has 0 spiro atoms. The number of carbonyl (C=O) groups is 2. The maximum Gasteiger partial charge on any atom is 0.275 e. The van der Waals surface area contributed by atoms with Crippen LogP contribution < -0.4 is 0 Å². The Morgan fingerprint density at radius 2 is 2.20 bits per heavy atom. The van der Waals surface area contributed by atoms with Gasteiger partial charge >= 0.3 is 0 Å². The van der Waals surface area contributed by atoms with Crippen molar-refractivity contribution in [2.75, 3.05) is 13.1 Å². The van der Waals surface area contributed by atoms with Crippen LogP contribution in [0.2, 0.25) is 0 Å². The first-order chi connectivity index (χ1) is 9.74. The zero-order chi connectivity index (χ0) is 13.7. The van der Waals surface area contributed by atoms with Crippen molar-refractivity contribution >= 4 is 23.3 Å². The summed E-state index contributed by atoms with van der Waals surface area (Å²) in [6.07, 6.45) is 3.86. The normalized spacial score (nSPS) is 29.1. The van der Waals surface area contributed by atoms with Crippen LogP contribution in [0.5, 0.6) is 0 Å². The van der Waals surface area contributed by atoms with Gasteiger partial charge in [0.15, 0.2) is 5.69 Å². The molecule has 0 aromatic carbocycles. The second-order valence-corrected chi connectivity index (χ2v) is 6.52. The number of likely N-dealkylation sites (tertiary alicyclic amines) is 2. The zero-order valence-electron chi connectivity index (χ0n) is 11.1. The maximum atomic E-state index is 12.4. The third-order valence-electron chi connectivity index (χ3n) is 4.61. The van der Waals surface area contributed by atoms with Crippen molar-refractivity contribution in [1.82, 2.24) is 19.4 Å². The Balaban J connectivity index is 1.52. The summed E-state index contributed by atoms with van der Waals surface area (Å²) in [6.45, 7) is 1.61. The first kappa shape index (κ1) is 12.3. The molecule has 6 nitrogen and oxygen atoms in total. The highest BCUT2D eigenvalue weighted by Gasteiger charge is 2.49. The number of nitrogens with zero attached hydrogens (tertiary/aromatic N) is 4. The summed E-state index contributed by atoms with van der Waals surface area (Å²) in [5.74, 6) is 0.832. The van der Waals surface area contributed by atoms with Crippen molar-refractivity contribution in [3.05, 3.63) is 11.1 Å². The molecule has 1 aromatic rings. The second-order valence-electron chi connectivity index (χ2n) is 5.91. The molecule has 20 heavy (non-hydrogen) atoms. The van der Waals surface area contributed by atoms with Crippen LogP contribution in [0.3, 0.4) is 0 Å². The van der Waals surface area contributed by atoms with Crippen LogP contribution >= 0.6 is 11.5 Å². The Labute approximate surface area is 120 Å². The molecule has 7 heteroatoms. The van der Waals surface area contributed by atoms with Crippen molar-refractivity contribution in [2.45, 2.75) is 37.8 Å². The van der Waals surface area contributed by atoms with Crippen LogP contribution in [0.1, 0.15) is 36.2 Å². The molecule has 0 N–H and O–H groups in total. The van der Waals surface area contributed by atoms with E-state index in [9.17, 15) is 9.59 Å². The molecular formula is C13H16N4O2S. The molecule has 2 atom stereocenters. The summed E-state index contributed by atoms with van der Waals surface area (Å²) in [5, 5.41) is 5.53. The van der Waals surface area contributed by atoms with Crippen molar-refractivity contribution < 1.29 is 9.59 Å². The third-order valence-corrected chi connectivity index (χ3v) is 5.11. The molecule has 2 unspecified atom stereocenters. The number of hydrogen-bond donors (Lipinski definition) is 0. The summed E-state index contributed by atoms with van der Waals surface area (Å²) < 4.78 is 3.74. The van der Waals surface area contributed by atoms with Crippen LogP contribution in [-0.2, 0) is 4.79 Å². The molecule has 4 rings (SSSR count). The van der Waals surface area contributed by atoms with Gasteiger partial charge < -0.3 is 9.80 Å². The molecule has 1 aliphatic carbocycles. The van der Waals surface area contributed by atoms with E-state index < -0.39 is 0 Å². The maximum absolute atomic E-state index is 12.4. The fraction of sp³-hybridized carbons (Fsp3) is 0.692. The van der Waals surface area contributed by atoms with Crippen molar-refractivity contribution in [3.8, 4) is 0 Å². The minimum atomic E-state index is -0.0766. The highest BCUT2D eigenvalue weighted by molar-refractivity contribution is 7.03. The van der Waals surface area contributed by atoms with Gasteiger partial charge in [0.2, 0.25) is 5.91 Å². The van der Waals surface area contributed by atoms with E-state index in [-0.39, 0.29) is 23.9 Å². The fourth-order valence-corrected chi connectivity index (χ4v) is 3.83. The number of amides is 2. The van der Waals surface area contributed by atoms with Gasteiger partial charge in [-0.1, -0.05) is 4.49 Å². The topological polar surface area (TPSA) is 66.4 Å². The lowest BCUT2D eigenvalue weighted by Gasteiger charge is -2.25. The predicted molar refractivity (Wildman–Crippen MR) is 72.2 cm³/mol. The predicted octanol–water partition coefficient (Wildman–Crippen LogP) is 0.764. The molecule has 0 bridgehead atoms. The number of fused-ring (bicyclic) bond motifs is 1. The lowest BCUT2D eigenvalue weighted by atomic mass is 10.1. The van der Waals surface area contributed by atoms with E-state index in [1.54, 1.807) is 5.38 Å². The lowest BCUT2D eigenvalue weighted by Crippen LogP contribution is -2.40. The molecule has 2 saturated heterocycles. The summed E-state index contributed by atoms with van der Waals surface area (Å²) in [6, 6.07) is 0.258. The SMILES string of the molecule is O=C1CC2C(CCN2C(=O)c2csnn2)N1CC1CC1. The van der Waals surface area contributed by atoms with Gasteiger partial charge in [-0.15, -0.1) is 5.10 Å². The van der Waals surface area contributed by atoms with Gasteiger partial charge in [-0.3, -0.25) is 9.59 Å². The van der Waals surface area contributed by atoms with E-state index >= 15 is 0 Å². The number of carbonyl (C=O) groups excluding carboxylic acids is 2. The van der Waals surface area contributed by atoms with Gasteiger partial charge in [0.05, 0.1) is 12.1 Å². The highest BCUT2D eigenvalue weighted by atomic mass is 32.1. The third kappa shape index (κ3) is 1.91. The average molecular weight is 292 g/mol. The number of hydrogen-bond acceptors (Lipinski definition) is 5. The Hall–Kier alpha value is -1.50. The van der Waals surface area contributed by atoms with Crippen LogP contribution in [0, 0.1) is 5.92 Å². The first-order valence-electron chi connectivity index (χ1n) is 7.11. The van der Waals surface area contributed by atoms with E-state index in [1.165, 1.54) is 24.4 Å². The van der Waals surface area contributed by atoms with Gasteiger partial charge in [0.25, 0.3) is 5.91 Å². The minimum absolute atomic E-state index is 0.0375. The summed E-state index contributed by atoms with van der Waals surface area (Å²) >= 11 is 1.18. The van der Waals surface area contributed by atoms with Crippen LogP contribution in [-0.4, -0.2) is 56.4 Å². The Morgan fingerprint density at radius 3 is 2.90 bits per heavy atom. The summed E-state index contributed by atoms with van der Waals surface area (Å²) in [7, 11) is 0. The molecule has 0 radical (unpaired) electrons. The van der Waals surface area contributed by atoms with Gasteiger partial charge in [0.1, 0.15) is 0 Å². The standard InChI is InChI=1S/C13H16N4O2S/c18-12-5-11-10(17(12)6-8-1-2-8)3-4-16(11)13(19)9-7-20-15-14-9/h7-8,10-11H,1-6H2. The number of rotatable bonds is 3. The second kappa shape index (κ2) is 4.51. The minimum Gasteiger partial charge on any atom is -0.337 e. The smallest absolute Gasteiger partial charge is 0.275 e. The van der Waals surface area contributed by atoms with E-state index in [2.05, 4.69) is 9.59 Å². The van der Waals surface area contributed by atoms with Crippen molar-refractivity contribution in [3.63, 3.8) is 0 Å². The fourth-order valence-electron chi connectivity index (χ4n) is 3.40. The molecular weight excluding hydrogens is 276 g/mol. The van der Waals surface area contributed by atoms with E-state index in [1.807, 2.05) is 9.80 Å². The van der Waals surface area contributed by atoms with Crippen molar-refractivity contribution in [2.24, 2.45) is 5.92 Å². The average Bonchev–Trinajstić information content (AvgIpc) is 2.87. The molecule has 1 saturated carbocycles. The zero-order valence-corrected chi connectivity index (χ0v) is 11.9. The summed E-state index contributed by atoms with van der Waals surface area (Å²) in [5.41, 5.74) is 0.406. The van der Waals surface area contributed by atoms with Crippen LogP contribution in [0.4, 0.5) is 0 Å². The van der Waals surface area contributed by atoms with E-state index in [4.69, 9.17) is 0 Å². The number of aromatic nitrogens is 2. The monoisotopic (exact) mass is 292 g/mol. The first-order valence-corrected chi connectivity index (χ1v) is 7.95. The highest BCUT2D eigenvalue weighted by Crippen LogP contribution is 2.37. The van der Waals surface area contributed by atoms with Gasteiger partial charge in [0, 0.05) is 24.9 Å². The molecule has 106 valence electrons. The molecule has 1 aromatic heterocycles. The van der Waals surface area contributed by atoms with Gasteiger partial charge in [-0.25, -0.2) is 0 Å². The quantitative estimate of drug-likeness (QED) is 0.825. The molecule has 2 aliphatic heterocycles. The van der Waals surface area contributed by atoms with Crippen LogP contribution in [0.25, 0.3) is 0 Å².